The van der Waals surface area contributed by atoms with E-state index < -0.39 is 17.8 Å². The molecule has 1 amide bonds. The van der Waals surface area contributed by atoms with E-state index in [1.165, 1.54) is 24.3 Å². The molecule has 1 atom stereocenters. The van der Waals surface area contributed by atoms with Gasteiger partial charge in [-0.25, -0.2) is 8.78 Å². The van der Waals surface area contributed by atoms with E-state index in [9.17, 15) is 13.6 Å². The van der Waals surface area contributed by atoms with Gasteiger partial charge in [0.2, 0.25) is 0 Å². The minimum Gasteiger partial charge on any atom is -0.370 e. The molecule has 0 fully saturated rings. The normalized spacial score (nSPS) is 11.9. The van der Waals surface area contributed by atoms with Crippen LogP contribution in [0.4, 0.5) is 20.2 Å². The molecule has 0 radical (unpaired) electrons. The Kier molecular flexibility index (Phi) is 5.97. The third kappa shape index (κ3) is 4.61. The summed E-state index contributed by atoms with van der Waals surface area (Å²) in [5.41, 5.74) is 4.47. The van der Waals surface area contributed by atoms with Crippen molar-refractivity contribution in [2.45, 2.75) is 13.0 Å². The third-order valence-corrected chi connectivity index (χ3v) is 5.83. The second kappa shape index (κ2) is 9.38. The van der Waals surface area contributed by atoms with Crippen molar-refractivity contribution in [2.24, 2.45) is 0 Å². The molecule has 0 bridgehead atoms. The van der Waals surface area contributed by atoms with Crippen molar-refractivity contribution in [3.63, 3.8) is 0 Å². The SMILES string of the molecule is Cc1[nH]c2ccc(NC(=O)c3cccc(F)c3)cc2c1[C@@H](Nc1ccccc1F)c1ccccn1. The number of carbonyl (C=O) groups is 1. The maximum Gasteiger partial charge on any atom is 0.255 e. The van der Waals surface area contributed by atoms with Gasteiger partial charge in [0.15, 0.2) is 0 Å². The first-order chi connectivity index (χ1) is 17.0. The molecule has 0 aliphatic rings. The number of aromatic amines is 1. The molecule has 0 aliphatic carbocycles. The minimum atomic E-state index is -0.478. The van der Waals surface area contributed by atoms with Gasteiger partial charge in [0.1, 0.15) is 11.6 Å². The van der Waals surface area contributed by atoms with Crippen molar-refractivity contribution >= 4 is 28.2 Å². The molecule has 0 spiro atoms. The monoisotopic (exact) mass is 468 g/mol. The number of nitrogens with zero attached hydrogens (tertiary/aromatic N) is 1. The largest absolute Gasteiger partial charge is 0.370 e. The van der Waals surface area contributed by atoms with Crippen LogP contribution in [-0.2, 0) is 0 Å². The number of benzene rings is 3. The summed E-state index contributed by atoms with van der Waals surface area (Å²) in [5.74, 6) is -1.26. The number of pyridine rings is 1. The zero-order valence-corrected chi connectivity index (χ0v) is 18.8. The number of rotatable bonds is 6. The van der Waals surface area contributed by atoms with Crippen LogP contribution in [0.3, 0.4) is 0 Å². The van der Waals surface area contributed by atoms with E-state index in [0.717, 1.165) is 22.2 Å². The lowest BCUT2D eigenvalue weighted by Gasteiger charge is -2.21. The van der Waals surface area contributed by atoms with Crippen LogP contribution >= 0.6 is 0 Å². The molecule has 0 unspecified atom stereocenters. The molecule has 0 saturated carbocycles. The standard InChI is InChI=1S/C28H22F2N4O/c1-17-26(27(25-11-4-5-14-31-25)34-24-10-3-2-9-22(24)30)21-16-20(12-13-23(21)32-17)33-28(35)18-7-6-8-19(29)15-18/h2-16,27,32,34H,1H3,(H,33,35)/t27-/m0/s1. The van der Waals surface area contributed by atoms with Crippen LogP contribution in [0.15, 0.2) is 91.1 Å². The van der Waals surface area contributed by atoms with Gasteiger partial charge < -0.3 is 15.6 Å². The second-order valence-corrected chi connectivity index (χ2v) is 8.20. The van der Waals surface area contributed by atoms with Gasteiger partial charge >= 0.3 is 0 Å². The lowest BCUT2D eigenvalue weighted by molar-refractivity contribution is 0.102. The molecule has 0 aliphatic heterocycles. The number of nitrogens with one attached hydrogen (secondary N) is 3. The Bertz CT molecular complexity index is 1510. The van der Waals surface area contributed by atoms with Gasteiger partial charge in [-0.05, 0) is 67.6 Å². The van der Waals surface area contributed by atoms with Crippen LogP contribution in [0.2, 0.25) is 0 Å². The zero-order valence-electron chi connectivity index (χ0n) is 18.8. The number of halogens is 2. The fraction of sp³-hybridized carbons (Fsp3) is 0.0714. The van der Waals surface area contributed by atoms with E-state index in [4.69, 9.17) is 0 Å². The number of aryl methyl sites for hydroxylation is 1. The average molecular weight is 469 g/mol. The van der Waals surface area contributed by atoms with E-state index in [1.54, 1.807) is 36.5 Å². The van der Waals surface area contributed by atoms with Gasteiger partial charge in [-0.15, -0.1) is 0 Å². The lowest BCUT2D eigenvalue weighted by atomic mass is 9.98. The molecule has 3 N–H and O–H groups in total. The molecule has 2 heterocycles. The molecule has 7 heteroatoms. The van der Waals surface area contributed by atoms with Crippen molar-refractivity contribution in [3.05, 3.63) is 125 Å². The summed E-state index contributed by atoms with van der Waals surface area (Å²) in [6, 6.07) is 22.6. The van der Waals surface area contributed by atoms with Crippen LogP contribution in [-0.4, -0.2) is 15.9 Å². The molecule has 174 valence electrons. The lowest BCUT2D eigenvalue weighted by Crippen LogP contribution is -2.15. The molecule has 5 aromatic rings. The number of fused-ring (bicyclic) bond motifs is 1. The molecule has 35 heavy (non-hydrogen) atoms. The maximum atomic E-state index is 14.6. The number of para-hydroxylation sites is 1. The summed E-state index contributed by atoms with van der Waals surface area (Å²) in [4.78, 5) is 20.6. The van der Waals surface area contributed by atoms with Gasteiger partial charge in [0, 0.05) is 39.6 Å². The van der Waals surface area contributed by atoms with Gasteiger partial charge in [0.05, 0.1) is 17.4 Å². The first-order valence-corrected chi connectivity index (χ1v) is 11.1. The summed E-state index contributed by atoms with van der Waals surface area (Å²) in [7, 11) is 0. The second-order valence-electron chi connectivity index (χ2n) is 8.20. The van der Waals surface area contributed by atoms with Crippen LogP contribution in [0, 0.1) is 18.6 Å². The van der Waals surface area contributed by atoms with Gasteiger partial charge in [-0.3, -0.25) is 9.78 Å². The highest BCUT2D eigenvalue weighted by Crippen LogP contribution is 2.35. The van der Waals surface area contributed by atoms with Crippen molar-refractivity contribution < 1.29 is 13.6 Å². The van der Waals surface area contributed by atoms with E-state index in [1.807, 2.05) is 37.3 Å². The maximum absolute atomic E-state index is 14.6. The van der Waals surface area contributed by atoms with Crippen molar-refractivity contribution in [1.82, 2.24) is 9.97 Å². The number of H-pyrrole nitrogens is 1. The van der Waals surface area contributed by atoms with Crippen LogP contribution in [0.5, 0.6) is 0 Å². The number of hydrogen-bond acceptors (Lipinski definition) is 3. The number of anilines is 2. The van der Waals surface area contributed by atoms with E-state index in [0.29, 0.717) is 17.1 Å². The summed E-state index contributed by atoms with van der Waals surface area (Å²) in [5, 5.41) is 6.99. The molecule has 5 rings (SSSR count). The van der Waals surface area contributed by atoms with Crippen LogP contribution < -0.4 is 10.6 Å². The highest BCUT2D eigenvalue weighted by atomic mass is 19.1. The van der Waals surface area contributed by atoms with E-state index >= 15 is 0 Å². The van der Waals surface area contributed by atoms with Crippen molar-refractivity contribution in [2.75, 3.05) is 10.6 Å². The Balaban J connectivity index is 1.57. The molecule has 3 aromatic carbocycles. The Morgan fingerprint density at radius 1 is 0.943 bits per heavy atom. The number of amides is 1. The summed E-state index contributed by atoms with van der Waals surface area (Å²) in [6.07, 6.45) is 1.69. The van der Waals surface area contributed by atoms with Crippen LogP contribution in [0.25, 0.3) is 10.9 Å². The summed E-state index contributed by atoms with van der Waals surface area (Å²) >= 11 is 0. The van der Waals surface area contributed by atoms with Crippen LogP contribution in [0.1, 0.15) is 33.4 Å². The topological polar surface area (TPSA) is 69.8 Å². The van der Waals surface area contributed by atoms with Crippen molar-refractivity contribution in [3.8, 4) is 0 Å². The number of carbonyl (C=O) groups excluding carboxylic acids is 1. The first-order valence-electron chi connectivity index (χ1n) is 11.1. The summed E-state index contributed by atoms with van der Waals surface area (Å²) < 4.78 is 28.1. The zero-order chi connectivity index (χ0) is 24.4. The predicted molar refractivity (Wildman–Crippen MR) is 133 cm³/mol. The van der Waals surface area contributed by atoms with Gasteiger partial charge in [-0.1, -0.05) is 24.3 Å². The third-order valence-electron chi connectivity index (χ3n) is 5.83. The van der Waals surface area contributed by atoms with Crippen molar-refractivity contribution in [1.29, 1.82) is 0 Å². The fourth-order valence-electron chi connectivity index (χ4n) is 4.20. The minimum absolute atomic E-state index is 0.225. The number of hydrogen-bond donors (Lipinski definition) is 3. The Morgan fingerprint density at radius 3 is 2.54 bits per heavy atom. The molecule has 0 saturated heterocycles. The highest BCUT2D eigenvalue weighted by molar-refractivity contribution is 6.05. The predicted octanol–water partition coefficient (Wildman–Crippen LogP) is 6.60. The first kappa shape index (κ1) is 22.3. The van der Waals surface area contributed by atoms with Gasteiger partial charge in [0.25, 0.3) is 5.91 Å². The van der Waals surface area contributed by atoms with Gasteiger partial charge in [-0.2, -0.15) is 0 Å². The fourth-order valence-corrected chi connectivity index (χ4v) is 4.20. The summed E-state index contributed by atoms with van der Waals surface area (Å²) in [6.45, 7) is 1.94. The number of aromatic nitrogens is 2. The average Bonchev–Trinajstić information content (AvgIpc) is 3.19. The molecule has 5 nitrogen and oxygen atoms in total. The van der Waals surface area contributed by atoms with E-state index in [-0.39, 0.29) is 11.4 Å². The molecule has 2 aromatic heterocycles. The Morgan fingerprint density at radius 2 is 1.77 bits per heavy atom. The smallest absolute Gasteiger partial charge is 0.255 e. The quantitative estimate of drug-likeness (QED) is 0.263. The highest BCUT2D eigenvalue weighted by Gasteiger charge is 2.23. The Hall–Kier alpha value is -4.52. The Labute approximate surface area is 200 Å². The molecular formula is C28H22F2N4O. The van der Waals surface area contributed by atoms with E-state index in [2.05, 4.69) is 20.6 Å². The molecular weight excluding hydrogens is 446 g/mol.